The third kappa shape index (κ3) is 4.62. The molecule has 2 nitrogen and oxygen atoms in total. The van der Waals surface area contributed by atoms with E-state index in [0.717, 1.165) is 22.9 Å². The lowest BCUT2D eigenvalue weighted by Crippen LogP contribution is -3.00. The molecule has 25 heavy (non-hydrogen) atoms. The number of hydrogen-bond donors (Lipinski definition) is 1. The monoisotopic (exact) mass is 407 g/mol. The van der Waals surface area contributed by atoms with Gasteiger partial charge in [0.05, 0.1) is 26.7 Å². The van der Waals surface area contributed by atoms with E-state index in [1.807, 2.05) is 18.2 Å². The number of piperidine rings is 1. The Balaban J connectivity index is 0.00000225. The average Bonchev–Trinajstić information content (AvgIpc) is 2.54. The fraction of sp³-hybridized carbons (Fsp3) is 0.429. The Kier molecular flexibility index (Phi) is 6.64. The standard InChI is InChI=1S/C21H26FNO.BrH/c1-23(2)14-6-5-8-18(23)12-10-16-7-3-4-9-19(16)20-13-11-17(22)15-21(20)24;/h3-4,7,9,11,13,15,18H,5-6,8,10,12,14H2,1-2H3;1H. The van der Waals surface area contributed by atoms with Gasteiger partial charge in [-0.05, 0) is 48.9 Å². The Bertz CT molecular complexity index is 717. The number of aromatic hydroxyl groups is 1. The third-order valence-electron chi connectivity index (χ3n) is 5.52. The first kappa shape index (κ1) is 19.9. The van der Waals surface area contributed by atoms with Crippen LogP contribution < -0.4 is 17.0 Å². The average molecular weight is 408 g/mol. The van der Waals surface area contributed by atoms with Crippen LogP contribution in [-0.4, -0.2) is 36.3 Å². The van der Waals surface area contributed by atoms with Crippen LogP contribution in [0.2, 0.25) is 0 Å². The number of phenolic OH excluding ortho intramolecular Hbond substituents is 1. The molecule has 0 aromatic heterocycles. The van der Waals surface area contributed by atoms with E-state index >= 15 is 0 Å². The minimum atomic E-state index is -0.407. The lowest BCUT2D eigenvalue weighted by atomic mass is 9.91. The fourth-order valence-corrected chi connectivity index (χ4v) is 3.98. The molecule has 1 atom stereocenters. The molecule has 0 bridgehead atoms. The van der Waals surface area contributed by atoms with Crippen LogP contribution in [0.1, 0.15) is 31.2 Å². The highest BCUT2D eigenvalue weighted by molar-refractivity contribution is 5.73. The highest BCUT2D eigenvalue weighted by atomic mass is 79.9. The van der Waals surface area contributed by atoms with Crippen LogP contribution in [-0.2, 0) is 6.42 Å². The van der Waals surface area contributed by atoms with Crippen molar-refractivity contribution in [2.75, 3.05) is 20.6 Å². The molecule has 1 heterocycles. The van der Waals surface area contributed by atoms with Crippen LogP contribution in [0.4, 0.5) is 4.39 Å². The number of rotatable bonds is 4. The molecule has 2 aromatic rings. The summed E-state index contributed by atoms with van der Waals surface area (Å²) in [6.45, 7) is 1.26. The van der Waals surface area contributed by atoms with Gasteiger partial charge in [0.15, 0.2) is 0 Å². The van der Waals surface area contributed by atoms with Crippen molar-refractivity contribution in [1.82, 2.24) is 0 Å². The number of quaternary nitrogens is 1. The second-order valence-electron chi connectivity index (χ2n) is 7.51. The summed E-state index contributed by atoms with van der Waals surface area (Å²) in [5.41, 5.74) is 2.95. The lowest BCUT2D eigenvalue weighted by molar-refractivity contribution is -0.920. The first-order valence-corrected chi connectivity index (χ1v) is 8.87. The number of nitrogens with zero attached hydrogens (tertiary/aromatic N) is 1. The summed E-state index contributed by atoms with van der Waals surface area (Å²) < 4.78 is 14.4. The molecule has 2 aromatic carbocycles. The zero-order chi connectivity index (χ0) is 17.2. The van der Waals surface area contributed by atoms with Gasteiger partial charge < -0.3 is 26.6 Å². The maximum Gasteiger partial charge on any atom is 0.126 e. The molecule has 1 N–H and O–H groups in total. The topological polar surface area (TPSA) is 20.2 Å². The van der Waals surface area contributed by atoms with E-state index in [-0.39, 0.29) is 22.7 Å². The van der Waals surface area contributed by atoms with E-state index in [1.54, 1.807) is 6.07 Å². The summed E-state index contributed by atoms with van der Waals surface area (Å²) >= 11 is 0. The van der Waals surface area contributed by atoms with Crippen molar-refractivity contribution >= 4 is 0 Å². The van der Waals surface area contributed by atoms with Crippen LogP contribution in [0, 0.1) is 5.82 Å². The maximum absolute atomic E-state index is 13.3. The van der Waals surface area contributed by atoms with E-state index in [1.165, 1.54) is 43.5 Å². The molecule has 0 aliphatic carbocycles. The van der Waals surface area contributed by atoms with Crippen LogP contribution in [0.3, 0.4) is 0 Å². The lowest BCUT2D eigenvalue weighted by Gasteiger charge is -2.42. The van der Waals surface area contributed by atoms with Gasteiger partial charge in [0.25, 0.3) is 0 Å². The van der Waals surface area contributed by atoms with Gasteiger partial charge in [-0.1, -0.05) is 24.3 Å². The molecular weight excluding hydrogens is 381 g/mol. The van der Waals surface area contributed by atoms with Gasteiger partial charge in [0, 0.05) is 18.1 Å². The highest BCUT2D eigenvalue weighted by Gasteiger charge is 2.31. The van der Waals surface area contributed by atoms with Crippen molar-refractivity contribution in [2.45, 2.75) is 38.1 Å². The van der Waals surface area contributed by atoms with Crippen molar-refractivity contribution in [3.8, 4) is 16.9 Å². The Morgan fingerprint density at radius 2 is 1.84 bits per heavy atom. The molecule has 1 unspecified atom stereocenters. The number of phenols is 1. The molecule has 1 fully saturated rings. The number of halogens is 2. The zero-order valence-corrected chi connectivity index (χ0v) is 16.6. The minimum Gasteiger partial charge on any atom is -1.00 e. The molecule has 3 rings (SSSR count). The predicted octanol–water partition coefficient (Wildman–Crippen LogP) is 1.76. The van der Waals surface area contributed by atoms with Crippen LogP contribution in [0.15, 0.2) is 42.5 Å². The Hall–Kier alpha value is -1.39. The molecule has 0 radical (unpaired) electrons. The molecule has 1 saturated heterocycles. The van der Waals surface area contributed by atoms with Crippen LogP contribution in [0.25, 0.3) is 11.1 Å². The van der Waals surface area contributed by atoms with Crippen molar-refractivity contribution in [2.24, 2.45) is 0 Å². The minimum absolute atomic E-state index is 0. The van der Waals surface area contributed by atoms with Crippen molar-refractivity contribution in [3.05, 3.63) is 53.8 Å². The first-order chi connectivity index (χ1) is 11.5. The zero-order valence-electron chi connectivity index (χ0n) is 15.0. The number of aryl methyl sites for hydroxylation is 1. The molecule has 0 spiro atoms. The fourth-order valence-electron chi connectivity index (χ4n) is 3.98. The van der Waals surface area contributed by atoms with Gasteiger partial charge in [-0.15, -0.1) is 0 Å². The quantitative estimate of drug-likeness (QED) is 0.765. The normalized spacial score (nSPS) is 19.2. The van der Waals surface area contributed by atoms with Crippen molar-refractivity contribution < 1.29 is 31.0 Å². The van der Waals surface area contributed by atoms with E-state index < -0.39 is 5.82 Å². The second-order valence-corrected chi connectivity index (χ2v) is 7.51. The largest absolute Gasteiger partial charge is 1.00 e. The second kappa shape index (κ2) is 8.33. The van der Waals surface area contributed by atoms with Crippen molar-refractivity contribution in [3.63, 3.8) is 0 Å². The number of benzene rings is 2. The van der Waals surface area contributed by atoms with Gasteiger partial charge >= 0.3 is 0 Å². The third-order valence-corrected chi connectivity index (χ3v) is 5.52. The van der Waals surface area contributed by atoms with E-state index in [2.05, 4.69) is 20.2 Å². The first-order valence-electron chi connectivity index (χ1n) is 8.87. The van der Waals surface area contributed by atoms with Crippen LogP contribution in [0.5, 0.6) is 5.75 Å². The van der Waals surface area contributed by atoms with Crippen molar-refractivity contribution in [1.29, 1.82) is 0 Å². The summed E-state index contributed by atoms with van der Waals surface area (Å²) in [6.07, 6.45) is 6.07. The van der Waals surface area contributed by atoms with Gasteiger partial charge in [-0.2, -0.15) is 0 Å². The SMILES string of the molecule is C[N+]1(C)CCCCC1CCc1ccccc1-c1ccc(F)cc1O.[Br-]. The van der Waals surface area contributed by atoms with E-state index in [9.17, 15) is 9.50 Å². The summed E-state index contributed by atoms with van der Waals surface area (Å²) in [5.74, 6) is -0.397. The Morgan fingerprint density at radius 3 is 2.56 bits per heavy atom. The number of hydrogen-bond acceptors (Lipinski definition) is 1. The summed E-state index contributed by atoms with van der Waals surface area (Å²) in [7, 11) is 4.67. The summed E-state index contributed by atoms with van der Waals surface area (Å²) in [5, 5.41) is 10.1. The summed E-state index contributed by atoms with van der Waals surface area (Å²) in [4.78, 5) is 0. The molecule has 136 valence electrons. The number of likely N-dealkylation sites (tertiary alicyclic amines) is 1. The molecule has 4 heteroatoms. The Labute approximate surface area is 160 Å². The Morgan fingerprint density at radius 1 is 1.08 bits per heavy atom. The smallest absolute Gasteiger partial charge is 0.126 e. The molecular formula is C21H27BrFNO. The molecule has 0 saturated carbocycles. The van der Waals surface area contributed by atoms with Gasteiger partial charge in [0.1, 0.15) is 11.6 Å². The highest BCUT2D eigenvalue weighted by Crippen LogP contribution is 2.33. The summed E-state index contributed by atoms with van der Waals surface area (Å²) in [6, 6.07) is 13.1. The maximum atomic E-state index is 13.3. The predicted molar refractivity (Wildman–Crippen MR) is 96.4 cm³/mol. The van der Waals surface area contributed by atoms with E-state index in [0.29, 0.717) is 11.6 Å². The van der Waals surface area contributed by atoms with Gasteiger partial charge in [-0.3, -0.25) is 0 Å². The van der Waals surface area contributed by atoms with Crippen LogP contribution >= 0.6 is 0 Å². The molecule has 1 aliphatic rings. The van der Waals surface area contributed by atoms with E-state index in [4.69, 9.17) is 0 Å². The van der Waals surface area contributed by atoms with Gasteiger partial charge in [0.2, 0.25) is 0 Å². The van der Waals surface area contributed by atoms with Gasteiger partial charge in [-0.25, -0.2) is 4.39 Å². The molecule has 0 amide bonds. The molecule has 1 aliphatic heterocycles.